The number of alkyl halides is 3. The zero-order chi connectivity index (χ0) is 16.5. The highest BCUT2D eigenvalue weighted by atomic mass is 35.5. The molecule has 0 heterocycles. The molecule has 2 rings (SSSR count). The molecule has 0 radical (unpaired) electrons. The smallest absolute Gasteiger partial charge is 0.451 e. The van der Waals surface area contributed by atoms with Gasteiger partial charge in [0.1, 0.15) is 0 Å². The van der Waals surface area contributed by atoms with Gasteiger partial charge in [0.2, 0.25) is 5.76 Å². The highest BCUT2D eigenvalue weighted by molar-refractivity contribution is 6.42. The number of aliphatic hydroxyl groups is 1. The van der Waals surface area contributed by atoms with Crippen molar-refractivity contribution in [1.82, 2.24) is 0 Å². The number of Topliss-reactive ketones (excluding diaryl/α,β-unsaturated/α-hetero) is 1. The Morgan fingerprint density at radius 1 is 1.23 bits per heavy atom. The predicted molar refractivity (Wildman–Crippen MR) is 74.4 cm³/mol. The third-order valence-electron chi connectivity index (χ3n) is 2.84. The summed E-state index contributed by atoms with van der Waals surface area (Å²) in [6.07, 6.45) is -4.14. The number of ketones is 1. The number of carbonyl (C=O) groups excluding carboxylic acids is 1. The van der Waals surface area contributed by atoms with Crippen LogP contribution in [-0.4, -0.2) is 17.1 Å². The van der Waals surface area contributed by atoms with E-state index >= 15 is 0 Å². The minimum absolute atomic E-state index is 0.102. The third-order valence-corrected chi connectivity index (χ3v) is 3.58. The highest BCUT2D eigenvalue weighted by Gasteiger charge is 2.42. The van der Waals surface area contributed by atoms with Gasteiger partial charge >= 0.3 is 6.18 Å². The molecule has 0 unspecified atom stereocenters. The standard InChI is InChI=1S/C13H9Cl2F3N2O2/c14-8-4-3-7(5-9(8)15)19-20-10(11(21)6-1-2-6)12(22)13(16,17)18/h3-6,22H,1-2H2/b12-10-,20-19?. The topological polar surface area (TPSA) is 62.0 Å². The third kappa shape index (κ3) is 3.98. The molecule has 22 heavy (non-hydrogen) atoms. The number of hydrogen-bond acceptors (Lipinski definition) is 4. The van der Waals surface area contributed by atoms with Gasteiger partial charge in [0, 0.05) is 5.92 Å². The van der Waals surface area contributed by atoms with E-state index in [4.69, 9.17) is 23.2 Å². The summed E-state index contributed by atoms with van der Waals surface area (Å²) >= 11 is 11.4. The number of allylic oxidation sites excluding steroid dienone is 2. The van der Waals surface area contributed by atoms with Crippen molar-refractivity contribution in [2.45, 2.75) is 19.0 Å². The van der Waals surface area contributed by atoms with Crippen LogP contribution in [0.25, 0.3) is 0 Å². The number of rotatable bonds is 4. The van der Waals surface area contributed by atoms with E-state index in [1.165, 1.54) is 18.2 Å². The summed E-state index contributed by atoms with van der Waals surface area (Å²) < 4.78 is 37.8. The minimum Gasteiger partial charge on any atom is -0.503 e. The van der Waals surface area contributed by atoms with E-state index in [-0.39, 0.29) is 15.7 Å². The molecule has 1 aliphatic rings. The van der Waals surface area contributed by atoms with Crippen LogP contribution in [0.15, 0.2) is 39.9 Å². The summed E-state index contributed by atoms with van der Waals surface area (Å²) in [6.45, 7) is 0. The number of hydrogen-bond donors (Lipinski definition) is 1. The molecule has 1 N–H and O–H groups in total. The summed E-state index contributed by atoms with van der Waals surface area (Å²) in [5.74, 6) is -3.47. The summed E-state index contributed by atoms with van der Waals surface area (Å²) in [7, 11) is 0. The SMILES string of the molecule is O=C(/C(N=Nc1ccc(Cl)c(Cl)c1)=C(/O)C(F)(F)F)C1CC1. The second-order valence-corrected chi connectivity index (χ2v) is 5.45. The largest absolute Gasteiger partial charge is 0.503 e. The van der Waals surface area contributed by atoms with Crippen molar-refractivity contribution >= 4 is 34.7 Å². The van der Waals surface area contributed by atoms with Crippen molar-refractivity contribution in [1.29, 1.82) is 0 Å². The van der Waals surface area contributed by atoms with Crippen LogP contribution in [-0.2, 0) is 4.79 Å². The molecule has 1 aliphatic carbocycles. The van der Waals surface area contributed by atoms with Crippen molar-refractivity contribution in [3.05, 3.63) is 39.7 Å². The van der Waals surface area contributed by atoms with Crippen LogP contribution in [0, 0.1) is 5.92 Å². The number of aliphatic hydroxyl groups excluding tert-OH is 1. The second kappa shape index (κ2) is 6.26. The van der Waals surface area contributed by atoms with Gasteiger partial charge in [-0.1, -0.05) is 23.2 Å². The van der Waals surface area contributed by atoms with Crippen LogP contribution in [0.4, 0.5) is 18.9 Å². The second-order valence-electron chi connectivity index (χ2n) is 4.63. The first kappa shape index (κ1) is 16.8. The summed E-state index contributed by atoms with van der Waals surface area (Å²) in [4.78, 5) is 11.8. The number of benzene rings is 1. The van der Waals surface area contributed by atoms with Crippen LogP contribution in [0.1, 0.15) is 12.8 Å². The fourth-order valence-electron chi connectivity index (χ4n) is 1.54. The van der Waals surface area contributed by atoms with E-state index in [0.29, 0.717) is 12.8 Å². The Hall–Kier alpha value is -1.60. The monoisotopic (exact) mass is 352 g/mol. The fraction of sp³-hybridized carbons (Fsp3) is 0.308. The molecule has 1 aromatic rings. The van der Waals surface area contributed by atoms with Gasteiger partial charge in [0.05, 0.1) is 15.7 Å². The number of nitrogens with zero attached hydrogens (tertiary/aromatic N) is 2. The summed E-state index contributed by atoms with van der Waals surface area (Å²) in [5.41, 5.74) is -0.994. The Labute approximate surface area is 133 Å². The highest BCUT2D eigenvalue weighted by Crippen LogP contribution is 2.36. The van der Waals surface area contributed by atoms with Gasteiger partial charge in [0.15, 0.2) is 11.5 Å². The van der Waals surface area contributed by atoms with Gasteiger partial charge in [-0.3, -0.25) is 4.79 Å². The molecule has 0 saturated heterocycles. The molecule has 1 fully saturated rings. The Morgan fingerprint density at radius 3 is 2.36 bits per heavy atom. The maximum Gasteiger partial charge on any atom is 0.451 e. The molecule has 4 nitrogen and oxygen atoms in total. The Kier molecular flexibility index (Phi) is 4.77. The molecule has 0 bridgehead atoms. The fourth-order valence-corrected chi connectivity index (χ4v) is 1.83. The molecule has 0 atom stereocenters. The number of halogens is 5. The first-order chi connectivity index (χ1) is 10.2. The van der Waals surface area contributed by atoms with Gasteiger partial charge in [-0.2, -0.15) is 18.3 Å². The van der Waals surface area contributed by atoms with Crippen molar-refractivity contribution in [3.8, 4) is 0 Å². The van der Waals surface area contributed by atoms with Gasteiger partial charge in [-0.25, -0.2) is 0 Å². The molecular formula is C13H9Cl2F3N2O2. The maximum absolute atomic E-state index is 12.6. The van der Waals surface area contributed by atoms with Gasteiger partial charge in [-0.05, 0) is 31.0 Å². The lowest BCUT2D eigenvalue weighted by Gasteiger charge is -2.07. The summed E-state index contributed by atoms with van der Waals surface area (Å²) in [5, 5.41) is 16.4. The van der Waals surface area contributed by atoms with Gasteiger partial charge in [0.25, 0.3) is 0 Å². The van der Waals surface area contributed by atoms with E-state index < -0.39 is 29.3 Å². The van der Waals surface area contributed by atoms with E-state index in [2.05, 4.69) is 10.2 Å². The normalized spacial score (nSPS) is 16.8. The van der Waals surface area contributed by atoms with Crippen LogP contribution < -0.4 is 0 Å². The zero-order valence-corrected chi connectivity index (χ0v) is 12.4. The van der Waals surface area contributed by atoms with Crippen molar-refractivity contribution in [2.24, 2.45) is 16.1 Å². The average molecular weight is 353 g/mol. The molecule has 1 saturated carbocycles. The molecule has 0 aromatic heterocycles. The lowest BCUT2D eigenvalue weighted by Crippen LogP contribution is -2.18. The molecule has 0 aliphatic heterocycles. The molecule has 118 valence electrons. The van der Waals surface area contributed by atoms with E-state index in [9.17, 15) is 23.1 Å². The Morgan fingerprint density at radius 2 is 1.86 bits per heavy atom. The predicted octanol–water partition coefficient (Wildman–Crippen LogP) is 5.39. The van der Waals surface area contributed by atoms with Gasteiger partial charge in [-0.15, -0.1) is 5.11 Å². The molecular weight excluding hydrogens is 344 g/mol. The van der Waals surface area contributed by atoms with Crippen LogP contribution >= 0.6 is 23.2 Å². The van der Waals surface area contributed by atoms with Crippen molar-refractivity contribution < 1.29 is 23.1 Å². The van der Waals surface area contributed by atoms with Gasteiger partial charge < -0.3 is 5.11 Å². The van der Waals surface area contributed by atoms with Crippen molar-refractivity contribution in [3.63, 3.8) is 0 Å². The first-order valence-electron chi connectivity index (χ1n) is 6.11. The quantitative estimate of drug-likeness (QED) is 0.448. The molecule has 9 heteroatoms. The summed E-state index contributed by atoms with van der Waals surface area (Å²) in [6, 6.07) is 4.02. The van der Waals surface area contributed by atoms with Crippen LogP contribution in [0.3, 0.4) is 0 Å². The molecule has 0 amide bonds. The van der Waals surface area contributed by atoms with Crippen molar-refractivity contribution in [2.75, 3.05) is 0 Å². The Bertz CT molecular complexity index is 668. The van der Waals surface area contributed by atoms with E-state index in [1.54, 1.807) is 0 Å². The molecule has 1 aromatic carbocycles. The lowest BCUT2D eigenvalue weighted by molar-refractivity contribution is -0.128. The lowest BCUT2D eigenvalue weighted by atomic mass is 10.2. The van der Waals surface area contributed by atoms with E-state index in [1.807, 2.05) is 0 Å². The average Bonchev–Trinajstić information content (AvgIpc) is 3.25. The maximum atomic E-state index is 12.6. The minimum atomic E-state index is -5.07. The zero-order valence-electron chi connectivity index (χ0n) is 10.9. The first-order valence-corrected chi connectivity index (χ1v) is 6.87. The number of carbonyl (C=O) groups is 1. The molecule has 0 spiro atoms. The van der Waals surface area contributed by atoms with Crippen LogP contribution in [0.2, 0.25) is 10.0 Å². The Balaban J connectivity index is 2.35. The van der Waals surface area contributed by atoms with E-state index in [0.717, 1.165) is 0 Å². The van der Waals surface area contributed by atoms with Crippen LogP contribution in [0.5, 0.6) is 0 Å². The number of azo groups is 1.